The molecule has 1 aromatic rings. The standard InChI is InChI=1S/C14H25N3/c1-10(2)14-16-12(13(15)17(14)3)9-11-7-5-4-6-8-11/h10-11H,4-9,15H2,1-3H3. The van der Waals surface area contributed by atoms with Crippen LogP contribution in [-0.2, 0) is 13.5 Å². The van der Waals surface area contributed by atoms with E-state index in [1.54, 1.807) is 0 Å². The van der Waals surface area contributed by atoms with Gasteiger partial charge >= 0.3 is 0 Å². The smallest absolute Gasteiger partial charge is 0.126 e. The first-order valence-corrected chi connectivity index (χ1v) is 6.90. The van der Waals surface area contributed by atoms with E-state index in [0.717, 1.165) is 29.7 Å². The maximum atomic E-state index is 6.16. The van der Waals surface area contributed by atoms with E-state index < -0.39 is 0 Å². The minimum absolute atomic E-state index is 0.447. The van der Waals surface area contributed by atoms with Crippen molar-refractivity contribution in [2.45, 2.75) is 58.3 Å². The molecule has 1 heterocycles. The third kappa shape index (κ3) is 2.64. The summed E-state index contributed by atoms with van der Waals surface area (Å²) in [5, 5.41) is 0. The van der Waals surface area contributed by atoms with Crippen molar-refractivity contribution in [1.82, 2.24) is 9.55 Å². The molecule has 2 N–H and O–H groups in total. The van der Waals surface area contributed by atoms with Crippen LogP contribution < -0.4 is 5.73 Å². The Hall–Kier alpha value is -0.990. The van der Waals surface area contributed by atoms with Gasteiger partial charge in [0.1, 0.15) is 11.6 Å². The van der Waals surface area contributed by atoms with E-state index >= 15 is 0 Å². The number of hydrogen-bond acceptors (Lipinski definition) is 2. The average Bonchev–Trinajstić information content (AvgIpc) is 2.59. The highest BCUT2D eigenvalue weighted by molar-refractivity contribution is 5.38. The van der Waals surface area contributed by atoms with Crippen molar-refractivity contribution >= 4 is 5.82 Å². The second-order valence-corrected chi connectivity index (χ2v) is 5.72. The Bertz CT molecular complexity index is 373. The largest absolute Gasteiger partial charge is 0.384 e. The Morgan fingerprint density at radius 3 is 2.47 bits per heavy atom. The van der Waals surface area contributed by atoms with E-state index in [1.165, 1.54) is 32.1 Å². The van der Waals surface area contributed by atoms with Crippen LogP contribution >= 0.6 is 0 Å². The molecule has 96 valence electrons. The maximum absolute atomic E-state index is 6.16. The molecule has 1 aromatic heterocycles. The van der Waals surface area contributed by atoms with Crippen LogP contribution in [0.4, 0.5) is 5.82 Å². The molecule has 3 heteroatoms. The highest BCUT2D eigenvalue weighted by Crippen LogP contribution is 2.29. The topological polar surface area (TPSA) is 43.8 Å². The molecule has 0 saturated heterocycles. The second kappa shape index (κ2) is 5.11. The first-order chi connectivity index (χ1) is 8.09. The number of hydrogen-bond donors (Lipinski definition) is 1. The van der Waals surface area contributed by atoms with Crippen LogP contribution in [0.1, 0.15) is 63.4 Å². The van der Waals surface area contributed by atoms with Gasteiger partial charge in [-0.05, 0) is 12.3 Å². The zero-order chi connectivity index (χ0) is 12.4. The highest BCUT2D eigenvalue weighted by atomic mass is 15.1. The minimum atomic E-state index is 0.447. The van der Waals surface area contributed by atoms with Crippen molar-refractivity contribution in [2.75, 3.05) is 5.73 Å². The molecule has 1 saturated carbocycles. The molecule has 2 rings (SSSR count). The Morgan fingerprint density at radius 1 is 1.29 bits per heavy atom. The van der Waals surface area contributed by atoms with Gasteiger partial charge in [-0.25, -0.2) is 4.98 Å². The number of nitrogens with zero attached hydrogens (tertiary/aromatic N) is 2. The van der Waals surface area contributed by atoms with Crippen molar-refractivity contribution in [3.05, 3.63) is 11.5 Å². The van der Waals surface area contributed by atoms with Crippen LogP contribution in [0.3, 0.4) is 0 Å². The molecule has 1 aliphatic carbocycles. The lowest BCUT2D eigenvalue weighted by molar-refractivity contribution is 0.355. The first-order valence-electron chi connectivity index (χ1n) is 6.90. The van der Waals surface area contributed by atoms with Gasteiger partial charge in [-0.3, -0.25) is 0 Å². The third-order valence-corrected chi connectivity index (χ3v) is 3.97. The van der Waals surface area contributed by atoms with Gasteiger partial charge in [-0.1, -0.05) is 46.0 Å². The highest BCUT2D eigenvalue weighted by Gasteiger charge is 2.19. The Kier molecular flexibility index (Phi) is 3.75. The molecule has 0 aliphatic heterocycles. The normalized spacial score (nSPS) is 17.9. The molecule has 0 amide bonds. The van der Waals surface area contributed by atoms with Crippen LogP contribution in [0.2, 0.25) is 0 Å². The monoisotopic (exact) mass is 235 g/mol. The van der Waals surface area contributed by atoms with Gasteiger partial charge in [0.2, 0.25) is 0 Å². The summed E-state index contributed by atoms with van der Waals surface area (Å²) in [5.74, 6) is 3.25. The van der Waals surface area contributed by atoms with Crippen molar-refractivity contribution in [3.63, 3.8) is 0 Å². The molecule has 0 atom stereocenters. The molecule has 0 radical (unpaired) electrons. The number of rotatable bonds is 3. The van der Waals surface area contributed by atoms with E-state index in [2.05, 4.69) is 18.4 Å². The lowest BCUT2D eigenvalue weighted by atomic mass is 9.86. The molecule has 1 fully saturated rings. The molecular formula is C14H25N3. The van der Waals surface area contributed by atoms with Crippen molar-refractivity contribution in [3.8, 4) is 0 Å². The van der Waals surface area contributed by atoms with Gasteiger partial charge in [0.05, 0.1) is 5.69 Å². The van der Waals surface area contributed by atoms with Gasteiger partial charge in [-0.15, -0.1) is 0 Å². The number of anilines is 1. The summed E-state index contributed by atoms with van der Waals surface area (Å²) in [6.45, 7) is 4.35. The summed E-state index contributed by atoms with van der Waals surface area (Å²) in [5.41, 5.74) is 7.29. The van der Waals surface area contributed by atoms with E-state index in [9.17, 15) is 0 Å². The Morgan fingerprint density at radius 2 is 1.94 bits per heavy atom. The van der Waals surface area contributed by atoms with Gasteiger partial charge in [0, 0.05) is 13.0 Å². The molecule has 3 nitrogen and oxygen atoms in total. The van der Waals surface area contributed by atoms with Crippen molar-refractivity contribution in [1.29, 1.82) is 0 Å². The molecule has 0 aromatic carbocycles. The molecule has 0 spiro atoms. The lowest BCUT2D eigenvalue weighted by Gasteiger charge is -2.20. The minimum Gasteiger partial charge on any atom is -0.384 e. The fourth-order valence-electron chi connectivity index (χ4n) is 2.92. The first kappa shape index (κ1) is 12.5. The van der Waals surface area contributed by atoms with Crippen LogP contribution in [0.25, 0.3) is 0 Å². The number of nitrogen functional groups attached to an aromatic ring is 1. The molecule has 1 aliphatic rings. The van der Waals surface area contributed by atoms with Crippen molar-refractivity contribution < 1.29 is 0 Å². The summed E-state index contributed by atoms with van der Waals surface area (Å²) in [4.78, 5) is 4.74. The molecule has 0 bridgehead atoms. The van der Waals surface area contributed by atoms with E-state index in [-0.39, 0.29) is 0 Å². The summed E-state index contributed by atoms with van der Waals surface area (Å²) in [6.07, 6.45) is 7.96. The quantitative estimate of drug-likeness (QED) is 0.874. The van der Waals surface area contributed by atoms with Gasteiger partial charge in [0.25, 0.3) is 0 Å². The second-order valence-electron chi connectivity index (χ2n) is 5.72. The van der Waals surface area contributed by atoms with Crippen molar-refractivity contribution in [2.24, 2.45) is 13.0 Å². The summed E-state index contributed by atoms with van der Waals surface area (Å²) >= 11 is 0. The summed E-state index contributed by atoms with van der Waals surface area (Å²) in [6, 6.07) is 0. The lowest BCUT2D eigenvalue weighted by Crippen LogP contribution is -2.11. The SMILES string of the molecule is CC(C)c1nc(CC2CCCCC2)c(N)n1C. The van der Waals surface area contributed by atoms with Gasteiger partial charge in [-0.2, -0.15) is 0 Å². The van der Waals surface area contributed by atoms with Gasteiger partial charge < -0.3 is 10.3 Å². The Labute approximate surface area is 104 Å². The average molecular weight is 235 g/mol. The molecular weight excluding hydrogens is 210 g/mol. The van der Waals surface area contributed by atoms with E-state index in [4.69, 9.17) is 10.7 Å². The van der Waals surface area contributed by atoms with Crippen LogP contribution in [0.5, 0.6) is 0 Å². The van der Waals surface area contributed by atoms with Crippen LogP contribution in [-0.4, -0.2) is 9.55 Å². The number of aromatic nitrogens is 2. The predicted molar refractivity (Wildman–Crippen MR) is 72.0 cm³/mol. The molecule has 17 heavy (non-hydrogen) atoms. The zero-order valence-electron chi connectivity index (χ0n) is 11.4. The summed E-state index contributed by atoms with van der Waals surface area (Å²) in [7, 11) is 2.03. The van der Waals surface area contributed by atoms with Gasteiger partial charge in [0.15, 0.2) is 0 Å². The fourth-order valence-corrected chi connectivity index (χ4v) is 2.92. The van der Waals surface area contributed by atoms with Crippen LogP contribution in [0, 0.1) is 5.92 Å². The van der Waals surface area contributed by atoms with E-state index in [0.29, 0.717) is 5.92 Å². The zero-order valence-corrected chi connectivity index (χ0v) is 11.4. The van der Waals surface area contributed by atoms with E-state index in [1.807, 2.05) is 7.05 Å². The third-order valence-electron chi connectivity index (χ3n) is 3.97. The maximum Gasteiger partial charge on any atom is 0.126 e. The van der Waals surface area contributed by atoms with Crippen LogP contribution in [0.15, 0.2) is 0 Å². The Balaban J connectivity index is 2.12. The number of imidazole rings is 1. The molecule has 0 unspecified atom stereocenters. The number of nitrogens with two attached hydrogens (primary N) is 1. The summed E-state index contributed by atoms with van der Waals surface area (Å²) < 4.78 is 2.06. The fraction of sp³-hybridized carbons (Fsp3) is 0.786. The predicted octanol–water partition coefficient (Wildman–Crippen LogP) is 3.25.